The molecule has 1 aliphatic carbocycles. The molecular formula is C36H30F5N3O6. The normalized spacial score (nSPS) is 13.8. The maximum absolute atomic E-state index is 15.4. The Kier molecular flexibility index (Phi) is 9.23. The lowest BCUT2D eigenvalue weighted by atomic mass is 9.80. The van der Waals surface area contributed by atoms with Crippen LogP contribution in [0.25, 0.3) is 16.6 Å². The molecule has 0 radical (unpaired) electrons. The molecule has 9 nitrogen and oxygen atoms in total. The van der Waals surface area contributed by atoms with Crippen LogP contribution in [0.3, 0.4) is 0 Å². The molecule has 1 saturated carbocycles. The highest BCUT2D eigenvalue weighted by atomic mass is 19.4. The highest BCUT2D eigenvalue weighted by molar-refractivity contribution is 6.04. The SMILES string of the molecule is COCC1(Oc2cc3nccc(Oc4ccc(NC(=O)c5ccc(C(F)(F)F)n(-c6ccc(F)cc6C)c5=O)cc4F)c3cc2OC)CCC1. The standard InChI is InChI=1S/C36H30F5N3O6/c1-20-15-21(37)5-8-27(20)44-32(36(39,40)41)10-7-23(34(44)46)33(45)43-22-6-9-29(25(38)16-22)49-28-11-14-42-26-18-31(30(48-3)17-24(26)28)50-35(19-47-2)12-4-13-35/h5-11,14-18H,4,12-13,19H2,1-3H3,(H,43,45). The number of benzene rings is 3. The second kappa shape index (κ2) is 13.4. The zero-order valence-electron chi connectivity index (χ0n) is 27.0. The number of fused-ring (bicyclic) bond motifs is 1. The molecule has 1 amide bonds. The molecule has 1 fully saturated rings. The zero-order chi connectivity index (χ0) is 35.8. The summed E-state index contributed by atoms with van der Waals surface area (Å²) in [4.78, 5) is 30.8. The topological polar surface area (TPSA) is 101 Å². The predicted octanol–water partition coefficient (Wildman–Crippen LogP) is 7.99. The Morgan fingerprint density at radius 2 is 1.72 bits per heavy atom. The summed E-state index contributed by atoms with van der Waals surface area (Å²) in [6.45, 7) is 1.74. The summed E-state index contributed by atoms with van der Waals surface area (Å²) in [6, 6.07) is 12.6. The predicted molar refractivity (Wildman–Crippen MR) is 174 cm³/mol. The van der Waals surface area contributed by atoms with Crippen LogP contribution < -0.4 is 25.1 Å². The number of carbonyl (C=O) groups excluding carboxylic acids is 1. The van der Waals surface area contributed by atoms with Crippen molar-refractivity contribution in [3.63, 3.8) is 0 Å². The Labute approximate surface area is 282 Å². The number of rotatable bonds is 10. The number of alkyl halides is 3. The summed E-state index contributed by atoms with van der Waals surface area (Å²) in [5.41, 5.74) is -3.62. The van der Waals surface area contributed by atoms with Crippen LogP contribution >= 0.6 is 0 Å². The zero-order valence-corrected chi connectivity index (χ0v) is 27.0. The maximum Gasteiger partial charge on any atom is 0.431 e. The number of carbonyl (C=O) groups is 1. The van der Waals surface area contributed by atoms with E-state index >= 15 is 4.39 Å². The second-order valence-electron chi connectivity index (χ2n) is 11.8. The molecule has 0 unspecified atom stereocenters. The van der Waals surface area contributed by atoms with Gasteiger partial charge in [0.1, 0.15) is 28.4 Å². The fraction of sp³-hybridized carbons (Fsp3) is 0.250. The summed E-state index contributed by atoms with van der Waals surface area (Å²) >= 11 is 0. The number of hydrogen-bond acceptors (Lipinski definition) is 7. The van der Waals surface area contributed by atoms with Crippen LogP contribution in [0.4, 0.5) is 27.6 Å². The van der Waals surface area contributed by atoms with Crippen molar-refractivity contribution in [2.75, 3.05) is 26.1 Å². The Morgan fingerprint density at radius 3 is 2.36 bits per heavy atom. The molecule has 6 rings (SSSR count). The molecule has 3 aromatic carbocycles. The van der Waals surface area contributed by atoms with E-state index in [9.17, 15) is 27.2 Å². The van der Waals surface area contributed by atoms with Gasteiger partial charge in [-0.05, 0) is 86.3 Å². The summed E-state index contributed by atoms with van der Waals surface area (Å²) in [7, 11) is 3.10. The summed E-state index contributed by atoms with van der Waals surface area (Å²) in [5.74, 6) is -1.79. The minimum absolute atomic E-state index is 0.0335. The Balaban J connectivity index is 1.26. The van der Waals surface area contributed by atoms with Gasteiger partial charge in [0.05, 0.1) is 24.9 Å². The van der Waals surface area contributed by atoms with Gasteiger partial charge in [-0.25, -0.2) is 8.78 Å². The van der Waals surface area contributed by atoms with E-state index in [1.54, 1.807) is 19.2 Å². The van der Waals surface area contributed by atoms with Crippen molar-refractivity contribution in [3.05, 3.63) is 112 Å². The average molecular weight is 696 g/mol. The lowest BCUT2D eigenvalue weighted by molar-refractivity contribution is -0.142. The number of halogens is 5. The molecule has 2 aromatic heterocycles. The molecule has 5 aromatic rings. The number of pyridine rings is 2. The first-order valence-corrected chi connectivity index (χ1v) is 15.4. The first kappa shape index (κ1) is 34.4. The van der Waals surface area contributed by atoms with Crippen molar-refractivity contribution in [1.29, 1.82) is 0 Å². The van der Waals surface area contributed by atoms with Crippen molar-refractivity contribution < 1.29 is 45.7 Å². The molecule has 0 saturated heterocycles. The van der Waals surface area contributed by atoms with Gasteiger partial charge in [-0.15, -0.1) is 0 Å². The Bertz CT molecular complexity index is 2160. The van der Waals surface area contributed by atoms with Crippen LogP contribution in [0.2, 0.25) is 0 Å². The highest BCUT2D eigenvalue weighted by Gasteiger charge is 2.40. The number of amides is 1. The van der Waals surface area contributed by atoms with Gasteiger partial charge in [-0.3, -0.25) is 19.1 Å². The smallest absolute Gasteiger partial charge is 0.431 e. The van der Waals surface area contributed by atoms with E-state index in [1.165, 1.54) is 38.4 Å². The highest BCUT2D eigenvalue weighted by Crippen LogP contribution is 2.43. The fourth-order valence-corrected chi connectivity index (χ4v) is 5.82. The van der Waals surface area contributed by atoms with E-state index in [0.29, 0.717) is 39.6 Å². The minimum Gasteiger partial charge on any atom is -0.493 e. The first-order chi connectivity index (χ1) is 23.8. The summed E-state index contributed by atoms with van der Waals surface area (Å²) in [5, 5.41) is 2.84. The van der Waals surface area contributed by atoms with Crippen molar-refractivity contribution in [3.8, 4) is 28.7 Å². The van der Waals surface area contributed by atoms with Crippen LogP contribution in [-0.2, 0) is 10.9 Å². The maximum atomic E-state index is 15.4. The van der Waals surface area contributed by atoms with Gasteiger partial charge in [0.25, 0.3) is 11.5 Å². The molecule has 1 aliphatic rings. The second-order valence-corrected chi connectivity index (χ2v) is 11.8. The minimum atomic E-state index is -4.97. The molecule has 1 N–H and O–H groups in total. The lowest BCUT2D eigenvalue weighted by Crippen LogP contribution is -2.47. The quantitative estimate of drug-likeness (QED) is 0.148. The Hall–Kier alpha value is -5.50. The van der Waals surface area contributed by atoms with Crippen LogP contribution in [-0.4, -0.2) is 41.9 Å². The van der Waals surface area contributed by atoms with Gasteiger partial charge in [-0.2, -0.15) is 13.2 Å². The van der Waals surface area contributed by atoms with Gasteiger partial charge < -0.3 is 24.3 Å². The van der Waals surface area contributed by atoms with E-state index in [1.807, 2.05) is 0 Å². The molecule has 260 valence electrons. The Morgan fingerprint density at radius 1 is 0.940 bits per heavy atom. The third-order valence-corrected chi connectivity index (χ3v) is 8.41. The van der Waals surface area contributed by atoms with Crippen molar-refractivity contribution in [2.24, 2.45) is 0 Å². The first-order valence-electron chi connectivity index (χ1n) is 15.4. The largest absolute Gasteiger partial charge is 0.493 e. The number of aromatic nitrogens is 2. The van der Waals surface area contributed by atoms with Crippen LogP contribution in [0.15, 0.2) is 77.7 Å². The molecule has 0 atom stereocenters. The van der Waals surface area contributed by atoms with Crippen LogP contribution in [0, 0.1) is 18.6 Å². The van der Waals surface area contributed by atoms with Gasteiger partial charge in [0.2, 0.25) is 0 Å². The summed E-state index contributed by atoms with van der Waals surface area (Å²) in [6.07, 6.45) is -0.828. The lowest BCUT2D eigenvalue weighted by Gasteiger charge is -2.41. The van der Waals surface area contributed by atoms with E-state index in [2.05, 4.69) is 10.3 Å². The number of nitrogens with one attached hydrogen (secondary N) is 1. The molecule has 0 spiro atoms. The molecule has 0 aliphatic heterocycles. The van der Waals surface area contributed by atoms with Crippen molar-refractivity contribution in [2.45, 2.75) is 38.0 Å². The van der Waals surface area contributed by atoms with Crippen molar-refractivity contribution in [1.82, 2.24) is 9.55 Å². The fourth-order valence-electron chi connectivity index (χ4n) is 5.82. The van der Waals surface area contributed by atoms with Gasteiger partial charge in [0.15, 0.2) is 23.1 Å². The van der Waals surface area contributed by atoms with E-state index in [0.717, 1.165) is 49.6 Å². The number of nitrogens with zero attached hydrogens (tertiary/aromatic N) is 2. The van der Waals surface area contributed by atoms with Gasteiger partial charge in [0, 0.05) is 36.5 Å². The average Bonchev–Trinajstić information content (AvgIpc) is 3.04. The number of methoxy groups -OCH3 is 2. The van der Waals surface area contributed by atoms with Gasteiger partial charge >= 0.3 is 6.18 Å². The third-order valence-electron chi connectivity index (χ3n) is 8.41. The number of ether oxygens (including phenoxy) is 4. The molecule has 2 heterocycles. The number of aryl methyl sites for hydroxylation is 1. The molecular weight excluding hydrogens is 665 g/mol. The molecule has 0 bridgehead atoms. The van der Waals surface area contributed by atoms with E-state index in [4.69, 9.17) is 18.9 Å². The number of hydrogen-bond donors (Lipinski definition) is 1. The number of anilines is 1. The van der Waals surface area contributed by atoms with Crippen LogP contribution in [0.1, 0.15) is 40.9 Å². The van der Waals surface area contributed by atoms with Crippen molar-refractivity contribution >= 4 is 22.5 Å². The monoisotopic (exact) mass is 695 g/mol. The van der Waals surface area contributed by atoms with Gasteiger partial charge in [-0.1, -0.05) is 0 Å². The van der Waals surface area contributed by atoms with E-state index < -0.39 is 46.1 Å². The van der Waals surface area contributed by atoms with E-state index in [-0.39, 0.29) is 28.4 Å². The third kappa shape index (κ3) is 6.70. The molecule has 50 heavy (non-hydrogen) atoms. The van der Waals surface area contributed by atoms with Crippen LogP contribution in [0.5, 0.6) is 23.0 Å². The summed E-state index contributed by atoms with van der Waals surface area (Å²) < 4.78 is 94.1. The molecule has 14 heteroatoms.